The predicted molar refractivity (Wildman–Crippen MR) is 116 cm³/mol. The van der Waals surface area contributed by atoms with Gasteiger partial charge in [0, 0.05) is 42.3 Å². The third kappa shape index (κ3) is 5.33. The van der Waals surface area contributed by atoms with Gasteiger partial charge in [0.25, 0.3) is 0 Å². The zero-order chi connectivity index (χ0) is 23.6. The summed E-state index contributed by atoms with van der Waals surface area (Å²) in [5.41, 5.74) is 13.3. The molecule has 1 saturated carbocycles. The number of hydrogen-bond donors (Lipinski definition) is 4. The summed E-state index contributed by atoms with van der Waals surface area (Å²) in [5.74, 6) is -1.22. The number of carbonyl (C=O) groups excluding carboxylic acids is 1. The monoisotopic (exact) mass is 460 g/mol. The van der Waals surface area contributed by atoms with Gasteiger partial charge in [0.1, 0.15) is 5.82 Å². The minimum Gasteiger partial charge on any atom is -0.395 e. The summed E-state index contributed by atoms with van der Waals surface area (Å²) in [6.45, 7) is -0.108. The van der Waals surface area contributed by atoms with Crippen LogP contribution in [0.5, 0.6) is 0 Å². The van der Waals surface area contributed by atoms with E-state index in [1.165, 1.54) is 29.2 Å². The van der Waals surface area contributed by atoms with Crippen LogP contribution in [-0.2, 0) is 0 Å². The lowest BCUT2D eigenvalue weighted by Crippen LogP contribution is -2.38. The number of rotatable bonds is 7. The van der Waals surface area contributed by atoms with Crippen LogP contribution in [0.3, 0.4) is 0 Å². The Morgan fingerprint density at radius 2 is 1.97 bits per heavy atom. The molecule has 1 fully saturated rings. The van der Waals surface area contributed by atoms with E-state index < -0.39 is 18.1 Å². The van der Waals surface area contributed by atoms with Crippen LogP contribution in [-0.4, -0.2) is 44.5 Å². The van der Waals surface area contributed by atoms with E-state index in [0.717, 1.165) is 12.8 Å². The highest BCUT2D eigenvalue weighted by atomic mass is 19.4. The molecule has 174 valence electrons. The van der Waals surface area contributed by atoms with Crippen LogP contribution in [0.15, 0.2) is 43.0 Å². The number of hydrogen-bond acceptors (Lipinski definition) is 6. The van der Waals surface area contributed by atoms with Crippen molar-refractivity contribution in [2.24, 2.45) is 0 Å². The molecule has 0 bridgehead atoms. The Hall–Kier alpha value is -3.83. The van der Waals surface area contributed by atoms with E-state index in [0.29, 0.717) is 22.6 Å². The van der Waals surface area contributed by atoms with E-state index in [1.807, 2.05) is 0 Å². The van der Waals surface area contributed by atoms with E-state index in [2.05, 4.69) is 25.7 Å². The lowest BCUT2D eigenvalue weighted by molar-refractivity contribution is -0.151. The molecule has 4 rings (SSSR count). The highest BCUT2D eigenvalue weighted by molar-refractivity contribution is 5.81. The Morgan fingerprint density at radius 3 is 2.64 bits per heavy atom. The Kier molecular flexibility index (Phi) is 6.07. The second-order valence-electron chi connectivity index (χ2n) is 7.84. The molecule has 6 N–H and O–H groups in total. The van der Waals surface area contributed by atoms with Gasteiger partial charge in [-0.25, -0.2) is 19.4 Å². The third-order valence-electron chi connectivity index (χ3n) is 5.35. The number of halogens is 3. The Bertz CT molecular complexity index is 1130. The summed E-state index contributed by atoms with van der Waals surface area (Å²) in [6.07, 6.45) is 2.93. The molecule has 1 aliphatic rings. The molecule has 12 heteroatoms. The molecule has 3 aromatic rings. The number of anilines is 2. The number of nitrogen functional groups attached to an aromatic ring is 2. The summed E-state index contributed by atoms with van der Waals surface area (Å²) in [6, 6.07) is 4.21. The molecule has 0 spiro atoms. The van der Waals surface area contributed by atoms with Crippen molar-refractivity contribution in [1.82, 2.24) is 30.4 Å². The molecule has 0 aromatic carbocycles. The van der Waals surface area contributed by atoms with E-state index >= 15 is 0 Å². The van der Waals surface area contributed by atoms with Gasteiger partial charge in [-0.3, -0.25) is 0 Å². The van der Waals surface area contributed by atoms with Gasteiger partial charge in [-0.2, -0.15) is 18.3 Å². The topological polar surface area (TPSA) is 137 Å². The Labute approximate surface area is 187 Å². The van der Waals surface area contributed by atoms with Crippen molar-refractivity contribution >= 4 is 17.5 Å². The van der Waals surface area contributed by atoms with Gasteiger partial charge >= 0.3 is 12.2 Å². The molecule has 1 atom stereocenters. The van der Waals surface area contributed by atoms with Crippen molar-refractivity contribution in [2.75, 3.05) is 18.0 Å². The van der Waals surface area contributed by atoms with E-state index in [4.69, 9.17) is 11.5 Å². The number of amides is 2. The average molecular weight is 460 g/mol. The fourth-order valence-corrected chi connectivity index (χ4v) is 3.38. The number of nitrogens with one attached hydrogen (secondary N) is 2. The molecule has 3 heterocycles. The van der Waals surface area contributed by atoms with Crippen LogP contribution < -0.4 is 22.1 Å². The second-order valence-corrected chi connectivity index (χ2v) is 7.84. The summed E-state index contributed by atoms with van der Waals surface area (Å²) in [5, 5.41) is 9.38. The first kappa shape index (κ1) is 22.4. The Balaban J connectivity index is 1.46. The number of nitrogens with zero attached hydrogens (tertiary/aromatic N) is 4. The summed E-state index contributed by atoms with van der Waals surface area (Å²) in [7, 11) is 0. The molecule has 0 saturated heterocycles. The zero-order valence-corrected chi connectivity index (χ0v) is 17.5. The van der Waals surface area contributed by atoms with Crippen LogP contribution in [0, 0.1) is 0 Å². The van der Waals surface area contributed by atoms with Gasteiger partial charge in [0.2, 0.25) is 0 Å². The van der Waals surface area contributed by atoms with Gasteiger partial charge in [-0.15, -0.1) is 0 Å². The molecule has 2 amide bonds. The van der Waals surface area contributed by atoms with Crippen LogP contribution >= 0.6 is 0 Å². The third-order valence-corrected chi connectivity index (χ3v) is 5.35. The van der Waals surface area contributed by atoms with Crippen LogP contribution in [0.4, 0.5) is 29.5 Å². The first-order valence-corrected chi connectivity index (χ1v) is 10.3. The van der Waals surface area contributed by atoms with Crippen molar-refractivity contribution in [3.05, 3.63) is 48.5 Å². The molecule has 1 unspecified atom stereocenters. The maximum Gasteiger partial charge on any atom is 0.395 e. The average Bonchev–Trinajstić information content (AvgIpc) is 3.44. The minimum absolute atomic E-state index is 0.00850. The molecular weight excluding hydrogens is 437 g/mol. The van der Waals surface area contributed by atoms with Crippen LogP contribution in [0.1, 0.15) is 30.7 Å². The van der Waals surface area contributed by atoms with Crippen molar-refractivity contribution in [3.8, 4) is 16.9 Å². The molecule has 3 aromatic heterocycles. The largest absolute Gasteiger partial charge is 0.395 e. The Morgan fingerprint density at radius 1 is 1.18 bits per heavy atom. The minimum atomic E-state index is -4.48. The quantitative estimate of drug-likeness (QED) is 0.428. The van der Waals surface area contributed by atoms with Gasteiger partial charge in [0.05, 0.1) is 17.8 Å². The maximum atomic E-state index is 13.6. The summed E-state index contributed by atoms with van der Waals surface area (Å²) < 4.78 is 42.3. The molecule has 9 nitrogen and oxygen atoms in total. The van der Waals surface area contributed by atoms with E-state index in [1.54, 1.807) is 18.5 Å². The van der Waals surface area contributed by atoms with Crippen molar-refractivity contribution in [2.45, 2.75) is 37.4 Å². The maximum absolute atomic E-state index is 13.6. The van der Waals surface area contributed by atoms with Gasteiger partial charge in [-0.05, 0) is 37.0 Å². The normalized spacial score (nSPS) is 14.6. The molecule has 1 aliphatic carbocycles. The van der Waals surface area contributed by atoms with E-state index in [9.17, 15) is 18.0 Å². The van der Waals surface area contributed by atoms with Gasteiger partial charge < -0.3 is 22.1 Å². The van der Waals surface area contributed by atoms with E-state index in [-0.39, 0.29) is 30.4 Å². The lowest BCUT2D eigenvalue weighted by Gasteiger charge is -2.21. The number of carbonyl (C=O) groups is 1. The van der Waals surface area contributed by atoms with Gasteiger partial charge in [0.15, 0.2) is 5.82 Å². The second kappa shape index (κ2) is 8.96. The van der Waals surface area contributed by atoms with Crippen LogP contribution in [0.25, 0.3) is 16.9 Å². The smallest absolute Gasteiger partial charge is 0.395 e. The van der Waals surface area contributed by atoms with Crippen molar-refractivity contribution < 1.29 is 18.0 Å². The molecular formula is C21H23F3N8O. The van der Waals surface area contributed by atoms with Gasteiger partial charge in [-0.1, -0.05) is 6.07 Å². The summed E-state index contributed by atoms with van der Waals surface area (Å²) >= 11 is 0. The fraction of sp³-hybridized carbons (Fsp3) is 0.333. The first-order chi connectivity index (χ1) is 15.7. The number of aromatic nitrogens is 4. The fourth-order valence-electron chi connectivity index (χ4n) is 3.38. The standard InChI is InChI=1S/C21H23F3N8O/c22-21(23,24)16(6-8-28-20(33)31-14-2-3-14)12-1-4-17(29-9-12)32-11-13(10-30-32)15-5-7-27-19(26)18(15)25/h1,4-5,7,9-11,14,16H,2-3,6,8,25H2,(H2,26,27)(H2,28,31,33). The lowest BCUT2D eigenvalue weighted by atomic mass is 9.96. The van der Waals surface area contributed by atoms with Crippen molar-refractivity contribution in [1.29, 1.82) is 0 Å². The number of nitrogens with two attached hydrogens (primary N) is 2. The molecule has 33 heavy (non-hydrogen) atoms. The first-order valence-electron chi connectivity index (χ1n) is 10.3. The highest BCUT2D eigenvalue weighted by Gasteiger charge is 2.40. The predicted octanol–water partition coefficient (Wildman–Crippen LogP) is 2.99. The summed E-state index contributed by atoms with van der Waals surface area (Å²) in [4.78, 5) is 19.7. The number of pyridine rings is 2. The molecule has 0 aliphatic heterocycles. The molecule has 0 radical (unpaired) electrons. The highest BCUT2D eigenvalue weighted by Crippen LogP contribution is 2.37. The number of alkyl halides is 3. The number of urea groups is 1. The van der Waals surface area contributed by atoms with Crippen molar-refractivity contribution in [3.63, 3.8) is 0 Å². The SMILES string of the molecule is Nc1nccc(-c2cnn(-c3ccc(C(CCNC(=O)NC4CC4)C(F)(F)F)cn3)c2)c1N. The zero-order valence-electron chi connectivity index (χ0n) is 17.5. The van der Waals surface area contributed by atoms with Crippen LogP contribution in [0.2, 0.25) is 0 Å².